The van der Waals surface area contributed by atoms with Crippen molar-refractivity contribution in [2.24, 2.45) is 0 Å². The van der Waals surface area contributed by atoms with Crippen LogP contribution in [0.1, 0.15) is 120 Å². The summed E-state index contributed by atoms with van der Waals surface area (Å²) in [4.78, 5) is 158. The lowest BCUT2D eigenvalue weighted by Crippen LogP contribution is -2.50. The number of halogens is 7. The Bertz CT molecular complexity index is 7130. The van der Waals surface area contributed by atoms with Crippen LogP contribution in [-0.4, -0.2) is 185 Å². The maximum atomic E-state index is 13.7. The molecule has 0 atom stereocenters. The molecule has 46 heteroatoms. The number of carbonyl (C=O) groups is 9. The number of pyridine rings is 6. The minimum Gasteiger partial charge on any atom is -0.444 e. The van der Waals surface area contributed by atoms with Crippen LogP contribution in [0.3, 0.4) is 0 Å². The molecule has 8 N–H and O–H groups in total. The molecule has 0 aliphatic carbocycles. The summed E-state index contributed by atoms with van der Waals surface area (Å²) < 4.78 is 104. The lowest BCUT2D eigenvalue weighted by Gasteiger charge is -2.36. The van der Waals surface area contributed by atoms with E-state index in [1.54, 1.807) is 59.5 Å². The van der Waals surface area contributed by atoms with E-state index in [0.717, 1.165) is 50.4 Å². The highest BCUT2D eigenvalue weighted by atomic mass is 19.4. The van der Waals surface area contributed by atoms with Gasteiger partial charge < -0.3 is 19.3 Å². The molecule has 0 saturated carbocycles. The molecule has 1 aliphatic heterocycles. The van der Waals surface area contributed by atoms with Crippen molar-refractivity contribution in [3.63, 3.8) is 0 Å². The van der Waals surface area contributed by atoms with Gasteiger partial charge in [-0.3, -0.25) is 111 Å². The molecule has 714 valence electrons. The highest BCUT2D eigenvalue weighted by Gasteiger charge is 2.34. The van der Waals surface area contributed by atoms with Gasteiger partial charge in [-0.15, -0.1) is 33.6 Å². The molecular formula is C95H79F7N28O11. The number of alkyl halides is 6. The minimum absolute atomic E-state index is 0.00689. The van der Waals surface area contributed by atoms with Crippen LogP contribution < -0.4 is 52.2 Å². The average Bonchev–Trinajstić information content (AvgIpc) is 1.70. The smallest absolute Gasteiger partial charge is 0.444 e. The fourth-order valence-corrected chi connectivity index (χ4v) is 13.0. The van der Waals surface area contributed by atoms with Gasteiger partial charge in [-0.1, -0.05) is 42.5 Å². The lowest BCUT2D eigenvalue weighted by atomic mass is 10.1. The third-order valence-electron chi connectivity index (χ3n) is 19.8. The second-order valence-corrected chi connectivity index (χ2v) is 30.9. The summed E-state index contributed by atoms with van der Waals surface area (Å²) in [5, 5.41) is 37.8. The van der Waals surface area contributed by atoms with Gasteiger partial charge in [0.05, 0.1) is 50.6 Å². The normalized spacial score (nSPS) is 11.7. The van der Waals surface area contributed by atoms with Crippen molar-refractivity contribution in [1.29, 1.82) is 0 Å². The van der Waals surface area contributed by atoms with Crippen LogP contribution in [0.15, 0.2) is 293 Å². The number of carbonyl (C=O) groups excluding carboxylic acids is 9. The molecule has 0 unspecified atom stereocenters. The zero-order valence-corrected chi connectivity index (χ0v) is 74.6. The lowest BCUT2D eigenvalue weighted by molar-refractivity contribution is -0.274. The van der Waals surface area contributed by atoms with Crippen LogP contribution in [0.4, 0.5) is 88.8 Å². The second-order valence-electron chi connectivity index (χ2n) is 30.9. The number of benzene rings is 6. The molecule has 17 rings (SSSR count). The number of aryl methyl sites for hydroxylation is 2. The SMILES string of the molecule is Cc1ccccc1C(=O)Nc1nc(NC(=O)c2ccccc2C)n(-c2ccc(N3CCN(C(=O)OC(C)(C)C)CC3)cc2)n1.O=C(Nc1nc(NC(=O)c2cccnc2)n(-c2ccc(C(F)(F)F)cc2)n1)c1cccnc1.O=C(Nc1nc(NC(=O)c2cccnc2)n(-c2ccc(OC(F)(F)F)cc2)n1)c1cccnc1.O=C(Nc1nc(NC(=O)c2ccncc2)n(-c2cccc(F)c2)n1)c1ccncc1. The van der Waals surface area contributed by atoms with Gasteiger partial charge in [-0.25, -0.2) is 9.18 Å². The van der Waals surface area contributed by atoms with Crippen LogP contribution in [0, 0.1) is 19.7 Å². The molecule has 0 radical (unpaired) electrons. The Morgan fingerprint density at radius 3 is 1.02 bits per heavy atom. The van der Waals surface area contributed by atoms with Gasteiger partial charge in [-0.05, 0) is 222 Å². The number of ether oxygens (including phenoxy) is 2. The first-order valence-corrected chi connectivity index (χ1v) is 42.2. The van der Waals surface area contributed by atoms with Gasteiger partial charge >= 0.3 is 18.6 Å². The molecule has 11 heterocycles. The molecule has 10 aromatic heterocycles. The van der Waals surface area contributed by atoms with Crippen molar-refractivity contribution in [2.75, 3.05) is 73.6 Å². The molecule has 1 saturated heterocycles. The summed E-state index contributed by atoms with van der Waals surface area (Å²) in [6, 6.07) is 55.1. The predicted molar refractivity (Wildman–Crippen MR) is 499 cm³/mol. The summed E-state index contributed by atoms with van der Waals surface area (Å²) >= 11 is 0. The van der Waals surface area contributed by atoms with E-state index < -0.39 is 70.7 Å². The summed E-state index contributed by atoms with van der Waals surface area (Å²) in [6.45, 7) is 11.7. The number of amides is 9. The van der Waals surface area contributed by atoms with Crippen LogP contribution in [-0.2, 0) is 10.9 Å². The van der Waals surface area contributed by atoms with E-state index in [2.05, 4.69) is 122 Å². The highest BCUT2D eigenvalue weighted by molar-refractivity contribution is 6.09. The largest absolute Gasteiger partial charge is 0.573 e. The van der Waals surface area contributed by atoms with Crippen molar-refractivity contribution < 1.29 is 83.4 Å². The van der Waals surface area contributed by atoms with Crippen molar-refractivity contribution in [3.8, 4) is 28.5 Å². The molecule has 141 heavy (non-hydrogen) atoms. The topological polar surface area (TPSA) is 475 Å². The summed E-state index contributed by atoms with van der Waals surface area (Å²) in [6.07, 6.45) is 7.60. The van der Waals surface area contributed by atoms with Gasteiger partial charge in [0.15, 0.2) is 0 Å². The molecule has 39 nitrogen and oxygen atoms in total. The monoisotopic (exact) mass is 1920 g/mol. The van der Waals surface area contributed by atoms with E-state index in [-0.39, 0.29) is 99.1 Å². The molecule has 0 bridgehead atoms. The number of hydrogen-bond acceptors (Lipinski definition) is 26. The van der Waals surface area contributed by atoms with Crippen LogP contribution in [0.5, 0.6) is 5.75 Å². The molecule has 1 fully saturated rings. The third-order valence-corrected chi connectivity index (χ3v) is 19.8. The average molecular weight is 1920 g/mol. The van der Waals surface area contributed by atoms with Crippen LogP contribution in [0.25, 0.3) is 22.7 Å². The Kier molecular flexibility index (Phi) is 30.8. The Morgan fingerprint density at radius 1 is 0.326 bits per heavy atom. The number of nitrogens with zero attached hydrogens (tertiary/aromatic N) is 20. The molecule has 0 spiro atoms. The molecule has 9 amide bonds. The summed E-state index contributed by atoms with van der Waals surface area (Å²) in [7, 11) is 0. The maximum Gasteiger partial charge on any atom is 0.573 e. The quantitative estimate of drug-likeness (QED) is 0.0292. The van der Waals surface area contributed by atoms with Crippen molar-refractivity contribution in [2.45, 2.75) is 52.8 Å². The fourth-order valence-electron chi connectivity index (χ4n) is 13.0. The first kappa shape index (κ1) is 97.9. The van der Waals surface area contributed by atoms with Crippen molar-refractivity contribution in [1.82, 2.24) is 93.9 Å². The maximum absolute atomic E-state index is 13.7. The Hall–Kier alpha value is -19.1. The van der Waals surface area contributed by atoms with Gasteiger partial charge in [0.2, 0.25) is 23.8 Å². The minimum atomic E-state index is -4.85. The third kappa shape index (κ3) is 26.7. The molecule has 16 aromatic rings. The zero-order chi connectivity index (χ0) is 99.9. The summed E-state index contributed by atoms with van der Waals surface area (Å²) in [5.41, 5.74) is 5.27. The first-order valence-electron chi connectivity index (χ1n) is 42.2. The van der Waals surface area contributed by atoms with Gasteiger partial charge in [0, 0.05) is 128 Å². The number of piperazine rings is 1. The number of hydrogen-bond donors (Lipinski definition) is 8. The van der Waals surface area contributed by atoms with E-state index >= 15 is 0 Å². The van der Waals surface area contributed by atoms with E-state index in [0.29, 0.717) is 59.8 Å². The Morgan fingerprint density at radius 2 is 0.660 bits per heavy atom. The van der Waals surface area contributed by atoms with E-state index in [4.69, 9.17) is 4.74 Å². The first-order chi connectivity index (χ1) is 67.7. The fraction of sp³-hybridized carbons (Fsp3) is 0.126. The molecule has 6 aromatic carbocycles. The van der Waals surface area contributed by atoms with Crippen molar-refractivity contribution >= 4 is 107 Å². The number of aromatic nitrogens is 18. The van der Waals surface area contributed by atoms with Crippen LogP contribution >= 0.6 is 0 Å². The Balaban J connectivity index is 0.000000151. The molecular weight excluding hydrogens is 1840 g/mol. The van der Waals surface area contributed by atoms with E-state index in [1.165, 1.54) is 175 Å². The number of rotatable bonds is 22. The zero-order valence-electron chi connectivity index (χ0n) is 74.6. The van der Waals surface area contributed by atoms with E-state index in [9.17, 15) is 73.9 Å². The molecule has 1 aliphatic rings. The number of anilines is 9. The predicted octanol–water partition coefficient (Wildman–Crippen LogP) is 15.2. The van der Waals surface area contributed by atoms with Crippen molar-refractivity contribution in [3.05, 3.63) is 360 Å². The highest BCUT2D eigenvalue weighted by Crippen LogP contribution is 2.33. The van der Waals surface area contributed by atoms with Gasteiger partial charge in [-0.2, -0.15) is 51.8 Å². The van der Waals surface area contributed by atoms with Gasteiger partial charge in [0.25, 0.3) is 71.1 Å². The van der Waals surface area contributed by atoms with Crippen LogP contribution in [0.2, 0.25) is 0 Å². The van der Waals surface area contributed by atoms with Gasteiger partial charge in [0.1, 0.15) is 17.2 Å². The standard InChI is InChI=1S/C33H37N7O4.C21H14F3N7O3.C21H14F3N7O2.C20H14FN7O2/c1-22-10-6-8-12-26(22)28(41)34-30-36-31(35-29(42)27-13-9-7-11-23(27)2)40(37-30)25-16-14-24(15-17-25)38-18-20-39(21-19-38)32(43)44-33(3,4)5;22-21(23,24)34-16-7-5-15(6-8-16)31-20(28-18(33)14-4-2-10-26-12-14)29-19(30-31)27-17(32)13-3-1-9-25-11-13;22-21(23,24)15-5-7-16(8-6-15)31-20(28-18(33)14-4-2-10-26-12-14)29-19(30-31)27-17(32)13-3-1-9-25-11-13;21-15-2-1-3-16(12-15)28-20(25-18(30)14-6-10-23-11-7-14)26-19(27-28)24-17(29)13-4-8-22-9-5-13/h6-17H,18-21H2,1-5H3,(H2,34,35,36,37,41,42);1-12H,(H2,27,28,29,30,32,33);1-12H,(H2,27,28,29,30,32,33);1-12H,(H2,24,25,26,27,29,30). The summed E-state index contributed by atoms with van der Waals surface area (Å²) in [5.74, 6) is -5.18. The second kappa shape index (κ2) is 44.4. The Labute approximate surface area is 794 Å². The number of nitrogens with one attached hydrogen (secondary N) is 8. The van der Waals surface area contributed by atoms with E-state index in [1.807, 2.05) is 83.1 Å².